The van der Waals surface area contributed by atoms with Crippen LogP contribution in [0.4, 0.5) is 5.69 Å². The Kier molecular flexibility index (Phi) is 3.51. The van der Waals surface area contributed by atoms with Crippen LogP contribution in [0.2, 0.25) is 0 Å². The number of carbonyl (C=O) groups is 1. The Labute approximate surface area is 103 Å². The van der Waals surface area contributed by atoms with Crippen LogP contribution in [0.5, 0.6) is 0 Å². The Balaban J connectivity index is 2.04. The lowest BCUT2D eigenvalue weighted by Crippen LogP contribution is -2.37. The molecule has 2 nitrogen and oxygen atoms in total. The van der Waals surface area contributed by atoms with Crippen molar-refractivity contribution in [1.82, 2.24) is 0 Å². The van der Waals surface area contributed by atoms with Crippen LogP contribution < -0.4 is 5.32 Å². The second kappa shape index (κ2) is 4.91. The van der Waals surface area contributed by atoms with Gasteiger partial charge in [0.2, 0.25) is 5.91 Å². The Bertz CT molecular complexity index is 383. The topological polar surface area (TPSA) is 29.1 Å². The molecule has 1 amide bonds. The van der Waals surface area contributed by atoms with Gasteiger partial charge in [-0.15, -0.1) is 0 Å². The summed E-state index contributed by atoms with van der Waals surface area (Å²) in [5, 5.41) is 3.03. The minimum Gasteiger partial charge on any atom is -0.326 e. The first-order valence-corrected chi connectivity index (χ1v) is 6.45. The van der Waals surface area contributed by atoms with Crippen molar-refractivity contribution in [2.75, 3.05) is 5.32 Å². The summed E-state index contributed by atoms with van der Waals surface area (Å²) < 4.78 is 0. The molecule has 1 N–H and O–H groups in total. The molecule has 0 aliphatic heterocycles. The standard InChI is InChI=1S/C15H21NO/c1-15(2)11-7-6-10-13(15)14(17)16-12-8-4-3-5-9-12/h3-5,8-9,13H,6-7,10-11H2,1-2H3,(H,16,17). The van der Waals surface area contributed by atoms with Gasteiger partial charge in [-0.05, 0) is 30.4 Å². The number of hydrogen-bond donors (Lipinski definition) is 1. The maximum absolute atomic E-state index is 12.3. The second-order valence-electron chi connectivity index (χ2n) is 5.64. The van der Waals surface area contributed by atoms with Crippen molar-refractivity contribution >= 4 is 11.6 Å². The average Bonchev–Trinajstić information content (AvgIpc) is 2.29. The lowest BCUT2D eigenvalue weighted by molar-refractivity contribution is -0.124. The fraction of sp³-hybridized carbons (Fsp3) is 0.533. The SMILES string of the molecule is CC1(C)CCCCC1C(=O)Nc1ccccc1. The first kappa shape index (κ1) is 12.2. The van der Waals surface area contributed by atoms with Gasteiger partial charge in [0.15, 0.2) is 0 Å². The van der Waals surface area contributed by atoms with E-state index in [1.54, 1.807) is 0 Å². The van der Waals surface area contributed by atoms with Crippen molar-refractivity contribution in [3.05, 3.63) is 30.3 Å². The molecule has 1 unspecified atom stereocenters. The Morgan fingerprint density at radius 3 is 2.59 bits per heavy atom. The number of amides is 1. The lowest BCUT2D eigenvalue weighted by atomic mass is 9.68. The van der Waals surface area contributed by atoms with Crippen molar-refractivity contribution in [2.45, 2.75) is 39.5 Å². The maximum Gasteiger partial charge on any atom is 0.228 e. The second-order valence-corrected chi connectivity index (χ2v) is 5.64. The van der Waals surface area contributed by atoms with Crippen molar-refractivity contribution in [3.63, 3.8) is 0 Å². The van der Waals surface area contributed by atoms with E-state index in [1.807, 2.05) is 30.3 Å². The predicted molar refractivity (Wildman–Crippen MR) is 70.8 cm³/mol. The number of carbonyl (C=O) groups excluding carboxylic acids is 1. The van der Waals surface area contributed by atoms with E-state index in [4.69, 9.17) is 0 Å². The van der Waals surface area contributed by atoms with E-state index in [0.717, 1.165) is 18.5 Å². The zero-order valence-electron chi connectivity index (χ0n) is 10.7. The molecule has 1 aliphatic rings. The number of para-hydroxylation sites is 1. The average molecular weight is 231 g/mol. The van der Waals surface area contributed by atoms with E-state index in [1.165, 1.54) is 12.8 Å². The third kappa shape index (κ3) is 2.87. The molecular weight excluding hydrogens is 210 g/mol. The maximum atomic E-state index is 12.3. The largest absolute Gasteiger partial charge is 0.326 e. The van der Waals surface area contributed by atoms with Crippen molar-refractivity contribution in [3.8, 4) is 0 Å². The molecule has 0 heterocycles. The van der Waals surface area contributed by atoms with Gasteiger partial charge in [0.05, 0.1) is 0 Å². The van der Waals surface area contributed by atoms with E-state index < -0.39 is 0 Å². The van der Waals surface area contributed by atoms with Crippen LogP contribution in [0, 0.1) is 11.3 Å². The summed E-state index contributed by atoms with van der Waals surface area (Å²) in [5.41, 5.74) is 1.04. The molecule has 2 heteroatoms. The smallest absolute Gasteiger partial charge is 0.228 e. The fourth-order valence-corrected chi connectivity index (χ4v) is 2.73. The molecule has 0 saturated heterocycles. The monoisotopic (exact) mass is 231 g/mol. The van der Waals surface area contributed by atoms with Crippen molar-refractivity contribution < 1.29 is 4.79 Å². The zero-order valence-corrected chi connectivity index (χ0v) is 10.7. The summed E-state index contributed by atoms with van der Waals surface area (Å²) in [5.74, 6) is 0.331. The number of benzene rings is 1. The normalized spacial score (nSPS) is 23.1. The quantitative estimate of drug-likeness (QED) is 0.823. The molecule has 1 atom stereocenters. The highest BCUT2D eigenvalue weighted by Gasteiger charge is 2.36. The molecule has 0 spiro atoms. The van der Waals surface area contributed by atoms with Gasteiger partial charge in [-0.1, -0.05) is 44.9 Å². The molecule has 1 aromatic carbocycles. The molecule has 17 heavy (non-hydrogen) atoms. The summed E-state index contributed by atoms with van der Waals surface area (Å²) in [6.45, 7) is 4.42. The van der Waals surface area contributed by atoms with Gasteiger partial charge in [0.25, 0.3) is 0 Å². The lowest BCUT2D eigenvalue weighted by Gasteiger charge is -2.37. The van der Waals surface area contributed by atoms with Gasteiger partial charge in [-0.25, -0.2) is 0 Å². The molecule has 2 rings (SSSR count). The molecule has 1 aliphatic carbocycles. The molecule has 1 fully saturated rings. The van der Waals surface area contributed by atoms with E-state index in [0.29, 0.717) is 0 Å². The van der Waals surface area contributed by atoms with Gasteiger partial charge in [-0.3, -0.25) is 4.79 Å². The van der Waals surface area contributed by atoms with Gasteiger partial charge >= 0.3 is 0 Å². The van der Waals surface area contributed by atoms with Crippen molar-refractivity contribution in [1.29, 1.82) is 0 Å². The number of anilines is 1. The molecule has 92 valence electrons. The van der Waals surface area contributed by atoms with Crippen LogP contribution in [-0.4, -0.2) is 5.91 Å². The van der Waals surface area contributed by atoms with E-state index in [9.17, 15) is 4.79 Å². The van der Waals surface area contributed by atoms with E-state index in [-0.39, 0.29) is 17.2 Å². The van der Waals surface area contributed by atoms with Crippen LogP contribution in [0.1, 0.15) is 39.5 Å². The summed E-state index contributed by atoms with van der Waals surface area (Å²) >= 11 is 0. The van der Waals surface area contributed by atoms with Crippen LogP contribution >= 0.6 is 0 Å². The molecule has 0 aromatic heterocycles. The van der Waals surface area contributed by atoms with E-state index in [2.05, 4.69) is 19.2 Å². The summed E-state index contributed by atoms with van der Waals surface area (Å²) in [7, 11) is 0. The molecule has 1 aromatic rings. The number of hydrogen-bond acceptors (Lipinski definition) is 1. The number of rotatable bonds is 2. The molecule has 1 saturated carbocycles. The molecular formula is C15H21NO. The third-order valence-electron chi connectivity index (χ3n) is 3.87. The molecule has 0 radical (unpaired) electrons. The van der Waals surface area contributed by atoms with Gasteiger partial charge in [0, 0.05) is 11.6 Å². The fourth-order valence-electron chi connectivity index (χ4n) is 2.73. The third-order valence-corrected chi connectivity index (χ3v) is 3.87. The first-order valence-electron chi connectivity index (χ1n) is 6.45. The summed E-state index contributed by atoms with van der Waals surface area (Å²) in [6.07, 6.45) is 4.60. The van der Waals surface area contributed by atoms with Crippen molar-refractivity contribution in [2.24, 2.45) is 11.3 Å². The van der Waals surface area contributed by atoms with Gasteiger partial charge < -0.3 is 5.32 Å². The summed E-state index contributed by atoms with van der Waals surface area (Å²) in [6, 6.07) is 9.73. The Morgan fingerprint density at radius 2 is 1.94 bits per heavy atom. The minimum absolute atomic E-state index is 0.136. The van der Waals surface area contributed by atoms with Gasteiger partial charge in [-0.2, -0.15) is 0 Å². The highest BCUT2D eigenvalue weighted by atomic mass is 16.1. The zero-order chi connectivity index (χ0) is 12.3. The summed E-state index contributed by atoms with van der Waals surface area (Å²) in [4.78, 5) is 12.3. The Morgan fingerprint density at radius 1 is 1.24 bits per heavy atom. The van der Waals surface area contributed by atoms with Crippen LogP contribution in [0.3, 0.4) is 0 Å². The van der Waals surface area contributed by atoms with Crippen LogP contribution in [0.25, 0.3) is 0 Å². The molecule has 0 bridgehead atoms. The highest BCUT2D eigenvalue weighted by molar-refractivity contribution is 5.93. The van der Waals surface area contributed by atoms with Crippen LogP contribution in [-0.2, 0) is 4.79 Å². The number of nitrogens with one attached hydrogen (secondary N) is 1. The Hall–Kier alpha value is -1.31. The highest BCUT2D eigenvalue weighted by Crippen LogP contribution is 2.40. The van der Waals surface area contributed by atoms with E-state index >= 15 is 0 Å². The minimum atomic E-state index is 0.136. The van der Waals surface area contributed by atoms with Crippen LogP contribution in [0.15, 0.2) is 30.3 Å². The van der Waals surface area contributed by atoms with Gasteiger partial charge in [0.1, 0.15) is 0 Å². The first-order chi connectivity index (χ1) is 8.09. The predicted octanol–water partition coefficient (Wildman–Crippen LogP) is 3.84.